The molecule has 13 heavy (non-hydrogen) atoms. The van der Waals surface area contributed by atoms with E-state index in [0.717, 1.165) is 19.3 Å². The maximum Gasteiger partial charge on any atom is 0.293 e. The topological polar surface area (TPSA) is 64.2 Å². The van der Waals surface area contributed by atoms with E-state index in [2.05, 4.69) is 5.10 Å². The van der Waals surface area contributed by atoms with E-state index in [0.29, 0.717) is 11.7 Å². The molecule has 0 saturated carbocycles. The van der Waals surface area contributed by atoms with Crippen molar-refractivity contribution in [3.8, 4) is 0 Å². The summed E-state index contributed by atoms with van der Waals surface area (Å²) in [5.41, 5.74) is 6.21. The van der Waals surface area contributed by atoms with Crippen molar-refractivity contribution in [1.82, 2.24) is 14.6 Å². The SMILES string of the molecule is Nc1cnn(C2CN([B]C=O)C2)c1. The maximum absolute atomic E-state index is 10.1. The lowest BCUT2D eigenvalue weighted by Gasteiger charge is -2.37. The first kappa shape index (κ1) is 8.31. The van der Waals surface area contributed by atoms with Crippen LogP contribution in [0, 0.1) is 0 Å². The molecular formula is C7H10BN4O. The number of rotatable bonds is 3. The van der Waals surface area contributed by atoms with Gasteiger partial charge in [0.2, 0.25) is 0 Å². The highest BCUT2D eigenvalue weighted by Crippen LogP contribution is 2.19. The summed E-state index contributed by atoms with van der Waals surface area (Å²) in [4.78, 5) is 12.1. The minimum atomic E-state index is 0.355. The Morgan fingerprint density at radius 1 is 1.69 bits per heavy atom. The molecule has 0 atom stereocenters. The fourth-order valence-electron chi connectivity index (χ4n) is 1.42. The smallest absolute Gasteiger partial charge is 0.293 e. The zero-order chi connectivity index (χ0) is 9.26. The van der Waals surface area contributed by atoms with Crippen molar-refractivity contribution in [3.05, 3.63) is 12.4 Å². The molecule has 2 N–H and O–H groups in total. The first-order chi connectivity index (χ1) is 6.29. The quantitative estimate of drug-likeness (QED) is 0.481. The number of nitrogens with two attached hydrogens (primary N) is 1. The summed E-state index contributed by atoms with van der Waals surface area (Å²) in [5.74, 6) is 0. The highest BCUT2D eigenvalue weighted by molar-refractivity contribution is 6.64. The molecule has 6 heteroatoms. The zero-order valence-corrected chi connectivity index (χ0v) is 7.13. The van der Waals surface area contributed by atoms with Crippen molar-refractivity contribution in [2.45, 2.75) is 6.04 Å². The van der Waals surface area contributed by atoms with Crippen LogP contribution in [0.3, 0.4) is 0 Å². The number of nitrogens with zero attached hydrogens (tertiary/aromatic N) is 3. The second-order valence-corrected chi connectivity index (χ2v) is 3.15. The predicted octanol–water partition coefficient (Wildman–Crippen LogP) is -0.869. The first-order valence-corrected chi connectivity index (χ1v) is 4.12. The third kappa shape index (κ3) is 1.57. The fourth-order valence-corrected chi connectivity index (χ4v) is 1.42. The lowest BCUT2D eigenvalue weighted by atomic mass is 9.88. The molecule has 1 aliphatic heterocycles. The van der Waals surface area contributed by atoms with Crippen LogP contribution in [-0.2, 0) is 4.79 Å². The Morgan fingerprint density at radius 3 is 3.00 bits per heavy atom. The number of carbonyl (C=O) groups is 1. The summed E-state index contributed by atoms with van der Waals surface area (Å²) < 4.78 is 1.84. The third-order valence-corrected chi connectivity index (χ3v) is 2.16. The lowest BCUT2D eigenvalue weighted by Crippen LogP contribution is -2.50. The van der Waals surface area contributed by atoms with Gasteiger partial charge < -0.3 is 15.3 Å². The van der Waals surface area contributed by atoms with Crippen LogP contribution in [0.2, 0.25) is 0 Å². The number of nitrogen functional groups attached to an aromatic ring is 1. The average Bonchev–Trinajstić information content (AvgIpc) is 2.43. The van der Waals surface area contributed by atoms with Crippen molar-refractivity contribution in [2.24, 2.45) is 0 Å². The number of anilines is 1. The molecular weight excluding hydrogens is 167 g/mol. The molecule has 0 aromatic carbocycles. The molecule has 0 unspecified atom stereocenters. The van der Waals surface area contributed by atoms with Crippen molar-refractivity contribution >= 4 is 19.3 Å². The molecule has 0 amide bonds. The van der Waals surface area contributed by atoms with Gasteiger partial charge in [-0.05, 0) is 0 Å². The van der Waals surface area contributed by atoms with Crippen molar-refractivity contribution in [2.75, 3.05) is 18.8 Å². The van der Waals surface area contributed by atoms with Gasteiger partial charge in [0.05, 0.1) is 24.1 Å². The molecule has 1 fully saturated rings. The highest BCUT2D eigenvalue weighted by atomic mass is 16.1. The summed E-state index contributed by atoms with van der Waals surface area (Å²) in [5, 5.41) is 4.10. The summed E-state index contributed by atoms with van der Waals surface area (Å²) in [6, 6.07) is 0.355. The Hall–Kier alpha value is -1.30. The summed E-state index contributed by atoms with van der Waals surface area (Å²) in [7, 11) is 1.54. The van der Waals surface area contributed by atoms with Crippen molar-refractivity contribution < 1.29 is 4.79 Å². The number of aromatic nitrogens is 2. The van der Waals surface area contributed by atoms with E-state index in [1.54, 1.807) is 13.6 Å². The maximum atomic E-state index is 10.1. The van der Waals surface area contributed by atoms with Gasteiger partial charge in [-0.1, -0.05) is 0 Å². The van der Waals surface area contributed by atoms with Gasteiger partial charge in [0.25, 0.3) is 7.41 Å². The van der Waals surface area contributed by atoms with Gasteiger partial charge in [-0.3, -0.25) is 4.68 Å². The van der Waals surface area contributed by atoms with Crippen LogP contribution in [0.25, 0.3) is 0 Å². The highest BCUT2D eigenvalue weighted by Gasteiger charge is 2.28. The van der Waals surface area contributed by atoms with Crippen LogP contribution in [0.1, 0.15) is 6.04 Å². The van der Waals surface area contributed by atoms with E-state index in [9.17, 15) is 4.79 Å². The molecule has 5 nitrogen and oxygen atoms in total. The molecule has 2 heterocycles. The average molecular weight is 177 g/mol. The minimum absolute atomic E-state index is 0.355. The molecule has 1 radical (unpaired) electrons. The lowest BCUT2D eigenvalue weighted by molar-refractivity contribution is 0.195. The van der Waals surface area contributed by atoms with Crippen LogP contribution in [-0.4, -0.2) is 41.3 Å². The van der Waals surface area contributed by atoms with Gasteiger partial charge in [-0.2, -0.15) is 5.10 Å². The first-order valence-electron chi connectivity index (χ1n) is 4.12. The van der Waals surface area contributed by atoms with E-state index >= 15 is 0 Å². The molecule has 67 valence electrons. The number of hydrogen-bond donors (Lipinski definition) is 1. The normalized spacial score (nSPS) is 18.2. The molecule has 1 aromatic heterocycles. The number of hydrogen-bond acceptors (Lipinski definition) is 4. The Morgan fingerprint density at radius 2 is 2.46 bits per heavy atom. The summed E-state index contributed by atoms with van der Waals surface area (Å²) in [6.07, 6.45) is 4.24. The second kappa shape index (κ2) is 3.22. The Labute approximate surface area is 76.8 Å². The van der Waals surface area contributed by atoms with Gasteiger partial charge in [-0.25, -0.2) is 0 Å². The number of carbonyl (C=O) groups excluding carboxylic acids is 1. The van der Waals surface area contributed by atoms with Gasteiger partial charge >= 0.3 is 0 Å². The fraction of sp³-hybridized carbons (Fsp3) is 0.429. The largest absolute Gasteiger partial charge is 0.396 e. The minimum Gasteiger partial charge on any atom is -0.396 e. The van der Waals surface area contributed by atoms with Crippen molar-refractivity contribution in [1.29, 1.82) is 0 Å². The molecule has 1 aliphatic rings. The molecule has 0 bridgehead atoms. The summed E-state index contributed by atoms with van der Waals surface area (Å²) >= 11 is 0. The second-order valence-electron chi connectivity index (χ2n) is 3.15. The monoisotopic (exact) mass is 177 g/mol. The summed E-state index contributed by atoms with van der Waals surface area (Å²) in [6.45, 7) is 1.67. The van der Waals surface area contributed by atoms with Crippen LogP contribution in [0.15, 0.2) is 12.4 Å². The van der Waals surface area contributed by atoms with Gasteiger partial charge in [-0.15, -0.1) is 0 Å². The molecule has 1 aromatic rings. The van der Waals surface area contributed by atoms with E-state index in [-0.39, 0.29) is 0 Å². The predicted molar refractivity (Wildman–Crippen MR) is 49.8 cm³/mol. The molecule has 2 rings (SSSR count). The van der Waals surface area contributed by atoms with Gasteiger partial charge in [0, 0.05) is 19.3 Å². The zero-order valence-electron chi connectivity index (χ0n) is 7.13. The van der Waals surface area contributed by atoms with E-state index in [1.807, 2.05) is 15.7 Å². The van der Waals surface area contributed by atoms with Crippen molar-refractivity contribution in [3.63, 3.8) is 0 Å². The Balaban J connectivity index is 1.89. The van der Waals surface area contributed by atoms with Gasteiger partial charge in [0.1, 0.15) is 0 Å². The Kier molecular flexibility index (Phi) is 2.06. The van der Waals surface area contributed by atoms with E-state index in [4.69, 9.17) is 5.73 Å². The van der Waals surface area contributed by atoms with E-state index in [1.165, 1.54) is 0 Å². The molecule has 0 spiro atoms. The van der Waals surface area contributed by atoms with Gasteiger partial charge in [0.15, 0.2) is 0 Å². The van der Waals surface area contributed by atoms with Crippen LogP contribution in [0.5, 0.6) is 0 Å². The van der Waals surface area contributed by atoms with E-state index < -0.39 is 0 Å². The standard InChI is InChI=1S/C7H10BN4O/c9-6-1-10-12(2-6)7-3-11(4-7)8-5-13/h1-2,5,7H,3-4,9H2. The third-order valence-electron chi connectivity index (χ3n) is 2.16. The van der Waals surface area contributed by atoms with Crippen LogP contribution in [0.4, 0.5) is 5.69 Å². The Bertz CT molecular complexity index is 307. The molecule has 1 saturated heterocycles. The van der Waals surface area contributed by atoms with Crippen LogP contribution >= 0.6 is 0 Å². The molecule has 0 aliphatic carbocycles. The van der Waals surface area contributed by atoms with Crippen LogP contribution < -0.4 is 5.73 Å².